The van der Waals surface area contributed by atoms with Gasteiger partial charge in [-0.05, 0) is 18.4 Å². The van der Waals surface area contributed by atoms with Crippen molar-refractivity contribution in [2.45, 2.75) is 12.8 Å². The summed E-state index contributed by atoms with van der Waals surface area (Å²) in [5, 5.41) is 8.25. The van der Waals surface area contributed by atoms with Crippen molar-refractivity contribution in [2.24, 2.45) is 0 Å². The maximum absolute atomic E-state index is 8.25. The Labute approximate surface area is 68.7 Å². The van der Waals surface area contributed by atoms with E-state index in [-0.39, 0.29) is 0 Å². The quantitative estimate of drug-likeness (QED) is 0.586. The van der Waals surface area contributed by atoms with Gasteiger partial charge < -0.3 is 0 Å². The Bertz CT molecular complexity index is 167. The van der Waals surface area contributed by atoms with Crippen molar-refractivity contribution in [1.82, 2.24) is 0 Å². The summed E-state index contributed by atoms with van der Waals surface area (Å²) in [5.74, 6) is 0.409. The fourth-order valence-corrected chi connectivity index (χ4v) is 0.782. The van der Waals surface area contributed by atoms with E-state index in [2.05, 4.69) is 26.0 Å². The van der Waals surface area contributed by atoms with E-state index in [1.807, 2.05) is 18.2 Å². The average Bonchev–Trinajstić information content (AvgIpc) is 2.10. The molecule has 0 aromatic heterocycles. The molecular weight excluding hydrogens is 136 g/mol. The number of hydrogen-bond donors (Lipinski definition) is 0. The number of benzene rings is 1. The second kappa shape index (κ2) is 5.93. The summed E-state index contributed by atoms with van der Waals surface area (Å²) in [4.78, 5) is 0. The van der Waals surface area contributed by atoms with E-state index in [1.165, 1.54) is 5.56 Å². The summed E-state index contributed by atoms with van der Waals surface area (Å²) in [5.41, 5.74) is 1.30. The lowest BCUT2D eigenvalue weighted by Gasteiger charge is -2.01. The molecular formula is C10H14O. The van der Waals surface area contributed by atoms with Gasteiger partial charge in [-0.15, -0.1) is 0 Å². The molecule has 0 aliphatic carbocycles. The molecule has 1 atom stereocenters. The highest BCUT2D eigenvalue weighted by Gasteiger charge is 1.93. The Balaban J connectivity index is 0.000000461. The van der Waals surface area contributed by atoms with Gasteiger partial charge in [0.15, 0.2) is 0 Å². The zero-order valence-electron chi connectivity index (χ0n) is 7.08. The molecule has 1 rings (SSSR count). The first-order chi connectivity index (χ1) is 5.30. The van der Waals surface area contributed by atoms with Gasteiger partial charge in [0.05, 0.1) is 7.11 Å². The van der Waals surface area contributed by atoms with E-state index in [9.17, 15) is 0 Å². The van der Waals surface area contributed by atoms with Gasteiger partial charge >= 0.3 is 0 Å². The largest absolute Gasteiger partial charge is 0.240 e. The molecule has 1 aromatic carbocycles. The molecule has 0 spiro atoms. The minimum atomic E-state index is 0.409. The van der Waals surface area contributed by atoms with E-state index in [0.29, 0.717) is 5.92 Å². The first-order valence-electron chi connectivity index (χ1n) is 3.59. The Morgan fingerprint density at radius 1 is 1.18 bits per heavy atom. The highest BCUT2D eigenvalue weighted by atomic mass is 16.2. The monoisotopic (exact) mass is 150 g/mol. The van der Waals surface area contributed by atoms with Crippen LogP contribution in [0.25, 0.3) is 0 Å². The van der Waals surface area contributed by atoms with Gasteiger partial charge in [0, 0.05) is 0 Å². The van der Waals surface area contributed by atoms with Crippen LogP contribution in [0.3, 0.4) is 0 Å². The van der Waals surface area contributed by atoms with Crippen LogP contribution in [-0.2, 0) is 5.11 Å². The summed E-state index contributed by atoms with van der Waals surface area (Å²) >= 11 is 0. The van der Waals surface area contributed by atoms with E-state index in [1.54, 1.807) is 0 Å². The Morgan fingerprint density at radius 2 is 1.64 bits per heavy atom. The lowest BCUT2D eigenvalue weighted by molar-refractivity contribution is 0.282. The zero-order chi connectivity index (χ0) is 8.69. The maximum atomic E-state index is 8.25. The summed E-state index contributed by atoms with van der Waals surface area (Å²) in [6.45, 7) is 6.00. The van der Waals surface area contributed by atoms with Gasteiger partial charge in [-0.1, -0.05) is 37.3 Å². The third kappa shape index (κ3) is 3.79. The fourth-order valence-electron chi connectivity index (χ4n) is 0.782. The summed E-state index contributed by atoms with van der Waals surface area (Å²) in [7, 11) is 0.750. The van der Waals surface area contributed by atoms with Crippen molar-refractivity contribution in [3.05, 3.63) is 42.8 Å². The van der Waals surface area contributed by atoms with Gasteiger partial charge in [0.1, 0.15) is 0 Å². The van der Waals surface area contributed by atoms with Crippen LogP contribution >= 0.6 is 0 Å². The van der Waals surface area contributed by atoms with Crippen molar-refractivity contribution >= 4 is 0 Å². The molecule has 0 N–H and O–H groups in total. The van der Waals surface area contributed by atoms with Crippen LogP contribution in [0.4, 0.5) is 0 Å². The van der Waals surface area contributed by atoms with Crippen molar-refractivity contribution < 1.29 is 5.11 Å². The highest BCUT2D eigenvalue weighted by Crippen LogP contribution is 2.11. The average molecular weight is 150 g/mol. The van der Waals surface area contributed by atoms with Crippen molar-refractivity contribution in [1.29, 1.82) is 0 Å². The van der Waals surface area contributed by atoms with Crippen LogP contribution in [-0.4, -0.2) is 7.11 Å². The van der Waals surface area contributed by atoms with Gasteiger partial charge in [-0.3, -0.25) is 0 Å². The van der Waals surface area contributed by atoms with Crippen molar-refractivity contribution in [3.8, 4) is 0 Å². The van der Waals surface area contributed by atoms with Gasteiger partial charge in [0.2, 0.25) is 0 Å². The predicted octanol–water partition coefficient (Wildman–Crippen LogP) is 2.67. The Kier molecular flexibility index (Phi) is 5.49. The van der Waals surface area contributed by atoms with Gasteiger partial charge in [0.25, 0.3) is 0 Å². The van der Waals surface area contributed by atoms with Crippen LogP contribution in [0.2, 0.25) is 0 Å². The van der Waals surface area contributed by atoms with E-state index in [0.717, 1.165) is 7.11 Å². The fraction of sp³-hybridized carbons (Fsp3) is 0.300. The molecule has 11 heavy (non-hydrogen) atoms. The molecule has 0 fully saturated rings. The van der Waals surface area contributed by atoms with Crippen LogP contribution in [0.1, 0.15) is 18.4 Å². The molecule has 0 aliphatic heterocycles. The van der Waals surface area contributed by atoms with Crippen LogP contribution in [0.5, 0.6) is 0 Å². The van der Waals surface area contributed by atoms with Crippen LogP contribution < -0.4 is 0 Å². The zero-order valence-corrected chi connectivity index (χ0v) is 7.08. The SMILES string of the molecule is C[O].[CH2]C(C)c1ccccc1. The molecule has 2 radical (unpaired) electrons. The molecule has 0 saturated heterocycles. The lowest BCUT2D eigenvalue weighted by atomic mass is 10.0. The minimum absolute atomic E-state index is 0.409. The molecule has 1 nitrogen and oxygen atoms in total. The summed E-state index contributed by atoms with van der Waals surface area (Å²) < 4.78 is 0. The third-order valence-corrected chi connectivity index (χ3v) is 1.37. The minimum Gasteiger partial charge on any atom is -0.240 e. The van der Waals surface area contributed by atoms with E-state index < -0.39 is 0 Å². The molecule has 0 saturated carbocycles. The topological polar surface area (TPSA) is 19.9 Å². The second-order valence-electron chi connectivity index (χ2n) is 2.31. The van der Waals surface area contributed by atoms with Gasteiger partial charge in [-0.2, -0.15) is 0 Å². The molecule has 1 unspecified atom stereocenters. The molecule has 1 aromatic rings. The number of rotatable bonds is 1. The molecule has 1 heteroatoms. The first-order valence-corrected chi connectivity index (χ1v) is 3.59. The first kappa shape index (κ1) is 10.2. The predicted molar refractivity (Wildman–Crippen MR) is 46.8 cm³/mol. The van der Waals surface area contributed by atoms with Gasteiger partial charge in [-0.25, -0.2) is 5.11 Å². The molecule has 60 valence electrons. The van der Waals surface area contributed by atoms with Crippen LogP contribution in [0.15, 0.2) is 30.3 Å². The van der Waals surface area contributed by atoms with Crippen molar-refractivity contribution in [3.63, 3.8) is 0 Å². The molecule has 0 aliphatic rings. The third-order valence-electron chi connectivity index (χ3n) is 1.37. The highest BCUT2D eigenvalue weighted by molar-refractivity contribution is 5.19. The van der Waals surface area contributed by atoms with Crippen molar-refractivity contribution in [2.75, 3.05) is 7.11 Å². The maximum Gasteiger partial charge on any atom is 0.0712 e. The normalized spacial score (nSPS) is 8.82. The van der Waals surface area contributed by atoms with Crippen LogP contribution in [0, 0.1) is 6.92 Å². The molecule has 0 heterocycles. The lowest BCUT2D eigenvalue weighted by Crippen LogP contribution is -1.83. The summed E-state index contributed by atoms with van der Waals surface area (Å²) in [6.07, 6.45) is 0. The number of hydrogen-bond acceptors (Lipinski definition) is 0. The molecule has 0 amide bonds. The Hall–Kier alpha value is -0.820. The van der Waals surface area contributed by atoms with E-state index >= 15 is 0 Å². The smallest absolute Gasteiger partial charge is 0.0712 e. The second-order valence-corrected chi connectivity index (χ2v) is 2.31. The summed E-state index contributed by atoms with van der Waals surface area (Å²) in [6, 6.07) is 10.3. The Morgan fingerprint density at radius 3 is 1.91 bits per heavy atom. The van der Waals surface area contributed by atoms with E-state index in [4.69, 9.17) is 5.11 Å². The molecule has 0 bridgehead atoms. The standard InChI is InChI=1S/C9H11.CH3O/c1-8(2)9-6-4-3-5-7-9;1-2/h3-8H,1H2,2H3;1H3.